The van der Waals surface area contributed by atoms with Gasteiger partial charge in [0.2, 0.25) is 0 Å². The zero-order chi connectivity index (χ0) is 13.4. The number of nitrogens with one attached hydrogen (secondary N) is 1. The molecule has 2 aliphatic rings. The SMILES string of the molecule is CCNC(c1occc1Br)C1CC2CCC(C1)N2C. The maximum absolute atomic E-state index is 5.73. The number of fused-ring (bicyclic) bond motifs is 2. The normalized spacial score (nSPS) is 32.7. The lowest BCUT2D eigenvalue weighted by Gasteiger charge is -2.39. The quantitative estimate of drug-likeness (QED) is 0.916. The number of halogens is 1. The summed E-state index contributed by atoms with van der Waals surface area (Å²) in [5.74, 6) is 1.77. The van der Waals surface area contributed by atoms with Crippen LogP contribution in [0.1, 0.15) is 44.4 Å². The van der Waals surface area contributed by atoms with E-state index < -0.39 is 0 Å². The summed E-state index contributed by atoms with van der Waals surface area (Å²) in [6, 6.07) is 3.91. The van der Waals surface area contributed by atoms with Gasteiger partial charge in [0.1, 0.15) is 5.76 Å². The molecule has 3 atom stereocenters. The summed E-state index contributed by atoms with van der Waals surface area (Å²) in [5.41, 5.74) is 0. The highest BCUT2D eigenvalue weighted by atomic mass is 79.9. The molecular weight excluding hydrogens is 304 g/mol. The lowest BCUT2D eigenvalue weighted by Crippen LogP contribution is -2.43. The Morgan fingerprint density at radius 2 is 2.11 bits per heavy atom. The van der Waals surface area contributed by atoms with Crippen LogP contribution in [0.15, 0.2) is 21.2 Å². The van der Waals surface area contributed by atoms with E-state index in [0.717, 1.165) is 28.9 Å². The minimum Gasteiger partial charge on any atom is -0.466 e. The maximum Gasteiger partial charge on any atom is 0.135 e. The van der Waals surface area contributed by atoms with Gasteiger partial charge in [0.15, 0.2) is 0 Å². The molecule has 0 radical (unpaired) electrons. The molecule has 3 heterocycles. The van der Waals surface area contributed by atoms with E-state index in [0.29, 0.717) is 12.0 Å². The van der Waals surface area contributed by atoms with Crippen molar-refractivity contribution in [2.45, 2.75) is 50.7 Å². The third kappa shape index (κ3) is 2.50. The van der Waals surface area contributed by atoms with Crippen molar-refractivity contribution < 1.29 is 4.42 Å². The predicted octanol–water partition coefficient (Wildman–Crippen LogP) is 3.57. The summed E-state index contributed by atoms with van der Waals surface area (Å²) in [6.07, 6.45) is 7.11. The molecule has 0 amide bonds. The lowest BCUT2D eigenvalue weighted by atomic mass is 9.84. The lowest BCUT2D eigenvalue weighted by molar-refractivity contribution is 0.107. The standard InChI is InChI=1S/C15H23BrN2O/c1-3-17-14(15-13(16)6-7-19-15)10-8-11-4-5-12(9-10)18(11)2/h6-7,10-12,14,17H,3-5,8-9H2,1-2H3. The molecule has 1 N–H and O–H groups in total. The Bertz CT molecular complexity index is 420. The minimum atomic E-state index is 0.353. The molecule has 3 unspecified atom stereocenters. The molecule has 0 spiro atoms. The van der Waals surface area contributed by atoms with Crippen LogP contribution in [0.5, 0.6) is 0 Å². The van der Waals surface area contributed by atoms with Gasteiger partial charge < -0.3 is 14.6 Å². The van der Waals surface area contributed by atoms with Crippen molar-refractivity contribution in [3.05, 3.63) is 22.6 Å². The predicted molar refractivity (Wildman–Crippen MR) is 80.1 cm³/mol. The second-order valence-corrected chi connectivity index (χ2v) is 6.80. The highest BCUT2D eigenvalue weighted by molar-refractivity contribution is 9.10. The van der Waals surface area contributed by atoms with E-state index in [-0.39, 0.29) is 0 Å². The van der Waals surface area contributed by atoms with E-state index in [9.17, 15) is 0 Å². The molecule has 3 nitrogen and oxygen atoms in total. The Hall–Kier alpha value is -0.320. The first-order valence-corrected chi connectivity index (χ1v) is 8.18. The molecule has 0 aliphatic carbocycles. The molecule has 3 rings (SSSR count). The Balaban J connectivity index is 1.80. The third-order valence-corrected chi connectivity index (χ3v) is 5.61. The van der Waals surface area contributed by atoms with Crippen LogP contribution >= 0.6 is 15.9 Å². The van der Waals surface area contributed by atoms with Crippen LogP contribution in [0, 0.1) is 5.92 Å². The van der Waals surface area contributed by atoms with Crippen molar-refractivity contribution in [1.82, 2.24) is 10.2 Å². The van der Waals surface area contributed by atoms with Crippen molar-refractivity contribution >= 4 is 15.9 Å². The van der Waals surface area contributed by atoms with E-state index in [2.05, 4.69) is 40.1 Å². The number of piperidine rings is 1. The molecule has 2 aliphatic heterocycles. The molecule has 19 heavy (non-hydrogen) atoms. The third-order valence-electron chi connectivity index (χ3n) is 4.96. The summed E-state index contributed by atoms with van der Waals surface area (Å²) >= 11 is 3.62. The number of nitrogens with zero attached hydrogens (tertiary/aromatic N) is 1. The first kappa shape index (κ1) is 13.7. The Labute approximate surface area is 123 Å². The van der Waals surface area contributed by atoms with E-state index in [1.165, 1.54) is 25.7 Å². The fourth-order valence-corrected chi connectivity index (χ4v) is 4.39. The van der Waals surface area contributed by atoms with Gasteiger partial charge in [-0.1, -0.05) is 6.92 Å². The van der Waals surface area contributed by atoms with Gasteiger partial charge in [0, 0.05) is 12.1 Å². The Kier molecular flexibility index (Phi) is 4.01. The van der Waals surface area contributed by atoms with Crippen molar-refractivity contribution in [2.24, 2.45) is 5.92 Å². The fourth-order valence-electron chi connectivity index (χ4n) is 3.95. The molecule has 0 aromatic carbocycles. The van der Waals surface area contributed by atoms with E-state index >= 15 is 0 Å². The molecule has 106 valence electrons. The molecule has 1 aromatic rings. The van der Waals surface area contributed by atoms with E-state index in [1.54, 1.807) is 6.26 Å². The van der Waals surface area contributed by atoms with Gasteiger partial charge in [-0.25, -0.2) is 0 Å². The smallest absolute Gasteiger partial charge is 0.135 e. The van der Waals surface area contributed by atoms with Gasteiger partial charge >= 0.3 is 0 Å². The number of rotatable bonds is 4. The summed E-state index contributed by atoms with van der Waals surface area (Å²) in [5, 5.41) is 3.64. The molecule has 2 saturated heterocycles. The number of hydrogen-bond acceptors (Lipinski definition) is 3. The van der Waals surface area contributed by atoms with Gasteiger partial charge in [0.25, 0.3) is 0 Å². The second-order valence-electron chi connectivity index (χ2n) is 5.95. The molecule has 2 fully saturated rings. The summed E-state index contributed by atoms with van der Waals surface area (Å²) in [4.78, 5) is 2.59. The summed E-state index contributed by atoms with van der Waals surface area (Å²) in [7, 11) is 2.30. The first-order chi connectivity index (χ1) is 9.20. The van der Waals surface area contributed by atoms with Gasteiger partial charge in [0.05, 0.1) is 16.8 Å². The van der Waals surface area contributed by atoms with E-state index in [4.69, 9.17) is 4.42 Å². The van der Waals surface area contributed by atoms with Crippen molar-refractivity contribution in [3.63, 3.8) is 0 Å². The topological polar surface area (TPSA) is 28.4 Å². The van der Waals surface area contributed by atoms with Crippen molar-refractivity contribution in [2.75, 3.05) is 13.6 Å². The first-order valence-electron chi connectivity index (χ1n) is 7.39. The van der Waals surface area contributed by atoms with Crippen molar-refractivity contribution in [3.8, 4) is 0 Å². The van der Waals surface area contributed by atoms with Crippen LogP contribution in [0.25, 0.3) is 0 Å². The molecule has 1 aromatic heterocycles. The van der Waals surface area contributed by atoms with Crippen LogP contribution in [-0.2, 0) is 0 Å². The van der Waals surface area contributed by atoms with Crippen molar-refractivity contribution in [1.29, 1.82) is 0 Å². The highest BCUT2D eigenvalue weighted by Crippen LogP contribution is 2.43. The van der Waals surface area contributed by atoms with Crippen LogP contribution in [0.4, 0.5) is 0 Å². The monoisotopic (exact) mass is 326 g/mol. The zero-order valence-corrected chi connectivity index (χ0v) is 13.3. The Morgan fingerprint density at radius 1 is 1.42 bits per heavy atom. The molecule has 4 heteroatoms. The van der Waals surface area contributed by atoms with Gasteiger partial charge in [-0.3, -0.25) is 0 Å². The van der Waals surface area contributed by atoms with Gasteiger partial charge in [-0.15, -0.1) is 0 Å². The summed E-state index contributed by atoms with van der Waals surface area (Å²) < 4.78 is 6.83. The average molecular weight is 327 g/mol. The van der Waals surface area contributed by atoms with Crippen LogP contribution < -0.4 is 5.32 Å². The van der Waals surface area contributed by atoms with E-state index in [1.807, 2.05) is 6.07 Å². The Morgan fingerprint density at radius 3 is 2.63 bits per heavy atom. The largest absolute Gasteiger partial charge is 0.466 e. The molecular formula is C15H23BrN2O. The minimum absolute atomic E-state index is 0.353. The average Bonchev–Trinajstić information content (AvgIpc) is 2.87. The maximum atomic E-state index is 5.73. The number of hydrogen-bond donors (Lipinski definition) is 1. The van der Waals surface area contributed by atoms with Gasteiger partial charge in [-0.2, -0.15) is 0 Å². The fraction of sp³-hybridized carbons (Fsp3) is 0.733. The highest BCUT2D eigenvalue weighted by Gasteiger charge is 2.42. The van der Waals surface area contributed by atoms with Gasteiger partial charge in [-0.05, 0) is 67.2 Å². The number of furan rings is 1. The second kappa shape index (κ2) is 5.58. The van der Waals surface area contributed by atoms with Crippen LogP contribution in [-0.4, -0.2) is 30.6 Å². The molecule has 0 saturated carbocycles. The van der Waals surface area contributed by atoms with Crippen LogP contribution in [0.3, 0.4) is 0 Å². The zero-order valence-electron chi connectivity index (χ0n) is 11.7. The van der Waals surface area contributed by atoms with Crippen LogP contribution in [0.2, 0.25) is 0 Å². The molecule has 2 bridgehead atoms. The summed E-state index contributed by atoms with van der Waals surface area (Å²) in [6.45, 7) is 3.16.